The number of hydrogen-bond donors (Lipinski definition) is 0. The van der Waals surface area contributed by atoms with Crippen LogP contribution in [0.25, 0.3) is 10.9 Å². The number of fused-ring (bicyclic) bond motifs is 1. The monoisotopic (exact) mass is 314 g/mol. The number of pyridine rings is 1. The van der Waals surface area contributed by atoms with Crippen molar-refractivity contribution >= 4 is 28.5 Å². The number of methoxy groups -OCH3 is 1. The van der Waals surface area contributed by atoms with Crippen molar-refractivity contribution in [3.8, 4) is 0 Å². The molecule has 0 aliphatic carbocycles. The summed E-state index contributed by atoms with van der Waals surface area (Å²) in [6.45, 7) is 2.60. The van der Waals surface area contributed by atoms with E-state index in [9.17, 15) is 4.79 Å². The minimum Gasteiger partial charge on any atom is -0.465 e. The van der Waals surface area contributed by atoms with Crippen LogP contribution in [0.1, 0.15) is 21.5 Å². The van der Waals surface area contributed by atoms with Gasteiger partial charge in [-0.25, -0.2) is 9.78 Å². The van der Waals surface area contributed by atoms with Crippen molar-refractivity contribution in [2.75, 3.05) is 7.11 Å². The van der Waals surface area contributed by atoms with Gasteiger partial charge in [0, 0.05) is 18.9 Å². The van der Waals surface area contributed by atoms with Crippen LogP contribution in [0.15, 0.2) is 42.7 Å². The number of aryl methyl sites for hydroxylation is 1. The van der Waals surface area contributed by atoms with Gasteiger partial charge in [-0.05, 0) is 41.6 Å². The first kappa shape index (κ1) is 14.6. The van der Waals surface area contributed by atoms with Crippen LogP contribution in [-0.4, -0.2) is 22.6 Å². The smallest absolute Gasteiger partial charge is 0.338 e. The fourth-order valence-electron chi connectivity index (χ4n) is 2.64. The number of rotatable bonds is 3. The lowest BCUT2D eigenvalue weighted by Gasteiger charge is -2.10. The van der Waals surface area contributed by atoms with Crippen LogP contribution in [-0.2, 0) is 11.3 Å². The largest absolute Gasteiger partial charge is 0.465 e. The standard InChI is InChI=1S/C17H15ClN2O2/c1-11-14(17(21)22-2)5-4-13-7-8-20(16(11)13)10-12-3-6-15(18)19-9-12/h3-9H,10H2,1-2H3. The number of hydrogen-bond acceptors (Lipinski definition) is 3. The van der Waals surface area contributed by atoms with E-state index in [0.717, 1.165) is 22.0 Å². The van der Waals surface area contributed by atoms with E-state index in [1.165, 1.54) is 7.11 Å². The molecule has 112 valence electrons. The lowest BCUT2D eigenvalue weighted by molar-refractivity contribution is 0.0600. The SMILES string of the molecule is COC(=O)c1ccc2ccn(Cc3ccc(Cl)nc3)c2c1C. The van der Waals surface area contributed by atoms with Crippen LogP contribution >= 0.6 is 11.6 Å². The van der Waals surface area contributed by atoms with E-state index in [4.69, 9.17) is 16.3 Å². The molecule has 3 aromatic rings. The molecule has 0 spiro atoms. The Labute approximate surface area is 133 Å². The molecule has 2 aromatic heterocycles. The van der Waals surface area contributed by atoms with Crippen LogP contribution in [0.5, 0.6) is 0 Å². The molecule has 0 atom stereocenters. The molecule has 5 heteroatoms. The molecule has 22 heavy (non-hydrogen) atoms. The normalized spacial score (nSPS) is 10.9. The van der Waals surface area contributed by atoms with Crippen LogP contribution in [0, 0.1) is 6.92 Å². The van der Waals surface area contributed by atoms with E-state index in [-0.39, 0.29) is 5.97 Å². The zero-order valence-electron chi connectivity index (χ0n) is 12.3. The van der Waals surface area contributed by atoms with Crippen molar-refractivity contribution in [3.05, 3.63) is 64.6 Å². The minimum absolute atomic E-state index is 0.319. The Balaban J connectivity index is 2.06. The van der Waals surface area contributed by atoms with Gasteiger partial charge in [-0.2, -0.15) is 0 Å². The molecular formula is C17H15ClN2O2. The first-order valence-electron chi connectivity index (χ1n) is 6.87. The summed E-state index contributed by atoms with van der Waals surface area (Å²) in [5, 5.41) is 1.57. The second-order valence-electron chi connectivity index (χ2n) is 5.10. The van der Waals surface area contributed by atoms with Gasteiger partial charge < -0.3 is 9.30 Å². The predicted octanol–water partition coefficient (Wildman–Crippen LogP) is 3.83. The number of ether oxygens (including phenoxy) is 1. The van der Waals surface area contributed by atoms with Crippen LogP contribution < -0.4 is 0 Å². The van der Waals surface area contributed by atoms with Gasteiger partial charge in [0.05, 0.1) is 18.2 Å². The number of benzene rings is 1. The molecule has 0 unspecified atom stereocenters. The molecule has 0 amide bonds. The molecule has 4 nitrogen and oxygen atoms in total. The lowest BCUT2D eigenvalue weighted by atomic mass is 10.1. The molecule has 0 aliphatic rings. The number of nitrogens with zero attached hydrogens (tertiary/aromatic N) is 2. The van der Waals surface area contributed by atoms with Gasteiger partial charge in [0.15, 0.2) is 0 Å². The summed E-state index contributed by atoms with van der Waals surface area (Å²) in [5.41, 5.74) is 3.57. The molecule has 0 saturated heterocycles. The van der Waals surface area contributed by atoms with Crippen molar-refractivity contribution in [1.29, 1.82) is 0 Å². The summed E-state index contributed by atoms with van der Waals surface area (Å²) < 4.78 is 6.94. The maximum atomic E-state index is 11.9. The molecule has 0 N–H and O–H groups in total. The van der Waals surface area contributed by atoms with E-state index in [0.29, 0.717) is 17.3 Å². The highest BCUT2D eigenvalue weighted by Crippen LogP contribution is 2.24. The fourth-order valence-corrected chi connectivity index (χ4v) is 2.75. The van der Waals surface area contributed by atoms with Gasteiger partial charge in [-0.3, -0.25) is 0 Å². The highest BCUT2D eigenvalue weighted by atomic mass is 35.5. The summed E-state index contributed by atoms with van der Waals surface area (Å²) in [6, 6.07) is 9.49. The number of esters is 1. The Bertz CT molecular complexity index is 838. The van der Waals surface area contributed by atoms with Gasteiger partial charge in [-0.1, -0.05) is 23.7 Å². The minimum atomic E-state index is -0.319. The van der Waals surface area contributed by atoms with Gasteiger partial charge in [-0.15, -0.1) is 0 Å². The molecule has 0 radical (unpaired) electrons. The highest BCUT2D eigenvalue weighted by Gasteiger charge is 2.14. The molecular weight excluding hydrogens is 300 g/mol. The summed E-state index contributed by atoms with van der Waals surface area (Å²) in [6.07, 6.45) is 3.76. The van der Waals surface area contributed by atoms with Gasteiger partial charge in [0.2, 0.25) is 0 Å². The van der Waals surface area contributed by atoms with Crippen LogP contribution in [0.4, 0.5) is 0 Å². The Hall–Kier alpha value is -2.33. The molecule has 0 fully saturated rings. The van der Waals surface area contributed by atoms with Crippen molar-refractivity contribution in [1.82, 2.24) is 9.55 Å². The van der Waals surface area contributed by atoms with Crippen molar-refractivity contribution in [2.45, 2.75) is 13.5 Å². The van der Waals surface area contributed by atoms with Crippen LogP contribution in [0.3, 0.4) is 0 Å². The quantitative estimate of drug-likeness (QED) is 0.545. The molecule has 0 bridgehead atoms. The lowest BCUT2D eigenvalue weighted by Crippen LogP contribution is -2.06. The van der Waals surface area contributed by atoms with E-state index >= 15 is 0 Å². The zero-order valence-corrected chi connectivity index (χ0v) is 13.1. The average molecular weight is 315 g/mol. The molecule has 3 rings (SSSR count). The van der Waals surface area contributed by atoms with Gasteiger partial charge in [0.1, 0.15) is 5.15 Å². The Morgan fingerprint density at radius 1 is 1.27 bits per heavy atom. The van der Waals surface area contributed by atoms with Crippen molar-refractivity contribution in [2.24, 2.45) is 0 Å². The van der Waals surface area contributed by atoms with Crippen molar-refractivity contribution < 1.29 is 9.53 Å². The first-order chi connectivity index (χ1) is 10.6. The van der Waals surface area contributed by atoms with E-state index in [1.807, 2.05) is 31.3 Å². The Kier molecular flexibility index (Phi) is 3.86. The molecule has 0 aliphatic heterocycles. The van der Waals surface area contributed by atoms with Crippen molar-refractivity contribution in [3.63, 3.8) is 0 Å². The maximum Gasteiger partial charge on any atom is 0.338 e. The predicted molar refractivity (Wildman–Crippen MR) is 86.4 cm³/mol. The highest BCUT2D eigenvalue weighted by molar-refractivity contribution is 6.29. The maximum absolute atomic E-state index is 11.9. The van der Waals surface area contributed by atoms with Gasteiger partial charge >= 0.3 is 5.97 Å². The third-order valence-electron chi connectivity index (χ3n) is 3.73. The third-order valence-corrected chi connectivity index (χ3v) is 3.95. The van der Waals surface area contributed by atoms with E-state index < -0.39 is 0 Å². The summed E-state index contributed by atoms with van der Waals surface area (Å²) in [4.78, 5) is 15.9. The Morgan fingerprint density at radius 3 is 2.77 bits per heavy atom. The molecule has 2 heterocycles. The zero-order chi connectivity index (χ0) is 15.7. The number of carbonyl (C=O) groups is 1. The summed E-state index contributed by atoms with van der Waals surface area (Å²) in [5.74, 6) is -0.319. The third kappa shape index (κ3) is 2.57. The number of halogens is 1. The second kappa shape index (κ2) is 5.81. The van der Waals surface area contributed by atoms with E-state index in [1.54, 1.807) is 18.3 Å². The second-order valence-corrected chi connectivity index (χ2v) is 5.49. The number of carbonyl (C=O) groups excluding carboxylic acids is 1. The molecule has 0 saturated carbocycles. The van der Waals surface area contributed by atoms with Gasteiger partial charge in [0.25, 0.3) is 0 Å². The summed E-state index contributed by atoms with van der Waals surface area (Å²) in [7, 11) is 1.39. The van der Waals surface area contributed by atoms with E-state index in [2.05, 4.69) is 9.55 Å². The average Bonchev–Trinajstić information content (AvgIpc) is 2.93. The Morgan fingerprint density at radius 2 is 2.09 bits per heavy atom. The topological polar surface area (TPSA) is 44.1 Å². The number of aromatic nitrogens is 2. The fraction of sp³-hybridized carbons (Fsp3) is 0.176. The first-order valence-corrected chi connectivity index (χ1v) is 7.25. The summed E-state index contributed by atoms with van der Waals surface area (Å²) >= 11 is 5.82. The van der Waals surface area contributed by atoms with Crippen LogP contribution in [0.2, 0.25) is 5.15 Å². The molecule has 1 aromatic carbocycles.